The van der Waals surface area contributed by atoms with Gasteiger partial charge in [-0.25, -0.2) is 0 Å². The van der Waals surface area contributed by atoms with Crippen molar-refractivity contribution in [2.75, 3.05) is 0 Å². The van der Waals surface area contributed by atoms with Crippen molar-refractivity contribution in [1.29, 1.82) is 0 Å². The molecule has 0 N–H and O–H groups in total. The molecule has 228 valence electrons. The van der Waals surface area contributed by atoms with Crippen molar-refractivity contribution < 1.29 is 0 Å². The summed E-state index contributed by atoms with van der Waals surface area (Å²) in [5.41, 5.74) is 6.98. The van der Waals surface area contributed by atoms with Gasteiger partial charge in [0.15, 0.2) is 8.07 Å². The van der Waals surface area contributed by atoms with Gasteiger partial charge in [0.2, 0.25) is 0 Å². The summed E-state index contributed by atoms with van der Waals surface area (Å²) in [6, 6.07) is 60.1. The zero-order valence-electron chi connectivity index (χ0n) is 27.3. The van der Waals surface area contributed by atoms with Crippen LogP contribution in [0.15, 0.2) is 158 Å². The zero-order chi connectivity index (χ0) is 31.6. The number of fused-ring (bicyclic) bond motifs is 5. The lowest BCUT2D eigenvalue weighted by molar-refractivity contribution is 0.241. The largest absolute Gasteiger partial charge is 0.155 e. The van der Waals surface area contributed by atoms with E-state index in [0.29, 0.717) is 0 Å². The maximum absolute atomic E-state index is 2.68. The minimum Gasteiger partial charge on any atom is -0.0624 e. The highest BCUT2D eigenvalue weighted by Gasteiger charge is 2.68. The Bertz CT molecular complexity index is 2170. The van der Waals surface area contributed by atoms with Crippen LogP contribution in [0, 0.1) is 0 Å². The van der Waals surface area contributed by atoms with Crippen LogP contribution in [0.3, 0.4) is 0 Å². The minimum atomic E-state index is -2.45. The summed E-state index contributed by atoms with van der Waals surface area (Å²) in [6.07, 6.45) is 5.10. The van der Waals surface area contributed by atoms with Gasteiger partial charge < -0.3 is 0 Å². The summed E-state index contributed by atoms with van der Waals surface area (Å²) in [5, 5.41) is 10.2. The fourth-order valence-corrected chi connectivity index (χ4v) is 17.1. The molecule has 0 saturated heterocycles. The van der Waals surface area contributed by atoms with Crippen LogP contribution in [0.5, 0.6) is 0 Å². The minimum absolute atomic E-state index is 0.0874. The Morgan fingerprint density at radius 2 is 0.894 bits per heavy atom. The Morgan fingerprint density at radius 1 is 0.447 bits per heavy atom. The van der Waals surface area contributed by atoms with Crippen molar-refractivity contribution in [3.05, 3.63) is 163 Å². The van der Waals surface area contributed by atoms with E-state index in [0.717, 1.165) is 0 Å². The summed E-state index contributed by atoms with van der Waals surface area (Å²) >= 11 is 0. The second-order valence-electron chi connectivity index (χ2n) is 14.3. The normalized spacial score (nSPS) is 21.4. The van der Waals surface area contributed by atoms with Crippen LogP contribution in [0.2, 0.25) is 5.04 Å². The molecule has 1 heterocycles. The highest BCUT2D eigenvalue weighted by molar-refractivity contribution is 7.14. The monoisotopic (exact) mass is 620 g/mol. The molecular weight excluding hydrogens is 581 g/mol. The molecule has 2 atom stereocenters. The standard InChI is InChI=1S/C46H40Si/c1-45-30-16-17-31-46(45,2)47(35-20-8-4-9-21-35,36-22-10-5-11-23-36)42-29-28-34(32-41(42)45)44-39-26-14-12-24-37(39)43(33-18-6-3-7-19-33)38-25-13-15-27-40(38)44/h3-15,18-29,32H,16-17,30-31H2,1-2H3. The Balaban J connectivity index is 1.38. The molecule has 0 nitrogen and oxygen atoms in total. The molecule has 1 aliphatic heterocycles. The predicted octanol–water partition coefficient (Wildman–Crippen LogP) is 10.4. The molecule has 7 aromatic rings. The zero-order valence-corrected chi connectivity index (χ0v) is 28.3. The lowest BCUT2D eigenvalue weighted by Crippen LogP contribution is -2.72. The molecule has 7 aromatic carbocycles. The van der Waals surface area contributed by atoms with E-state index >= 15 is 0 Å². The van der Waals surface area contributed by atoms with E-state index in [9.17, 15) is 0 Å². The van der Waals surface area contributed by atoms with Gasteiger partial charge in [-0.15, -0.1) is 0 Å². The van der Waals surface area contributed by atoms with Gasteiger partial charge in [0.1, 0.15) is 0 Å². The van der Waals surface area contributed by atoms with E-state index < -0.39 is 8.07 Å². The third kappa shape index (κ3) is 3.81. The molecule has 1 saturated carbocycles. The molecule has 9 rings (SSSR count). The second kappa shape index (κ2) is 10.7. The molecular formula is C46H40Si. The van der Waals surface area contributed by atoms with E-state index in [1.54, 1.807) is 21.1 Å². The summed E-state index contributed by atoms with van der Waals surface area (Å²) in [6.45, 7) is 5.31. The fraction of sp³-hybridized carbons (Fsp3) is 0.174. The highest BCUT2D eigenvalue weighted by Crippen LogP contribution is 2.65. The third-order valence-electron chi connectivity index (χ3n) is 12.4. The SMILES string of the molecule is CC12CCCCC1(C)[Si](c1ccccc1)(c1ccccc1)c1ccc(-c3c4ccccc4c(-c4ccccc4)c4ccccc34)cc12. The molecule has 2 aliphatic rings. The van der Waals surface area contributed by atoms with Crippen molar-refractivity contribution in [2.24, 2.45) is 0 Å². The van der Waals surface area contributed by atoms with E-state index in [2.05, 4.69) is 172 Å². The van der Waals surface area contributed by atoms with Crippen molar-refractivity contribution in [1.82, 2.24) is 0 Å². The molecule has 0 radical (unpaired) electrons. The van der Waals surface area contributed by atoms with Gasteiger partial charge >= 0.3 is 0 Å². The molecule has 0 bridgehead atoms. The van der Waals surface area contributed by atoms with Crippen LogP contribution in [0.25, 0.3) is 43.8 Å². The van der Waals surface area contributed by atoms with Crippen LogP contribution < -0.4 is 15.6 Å². The number of rotatable bonds is 4. The topological polar surface area (TPSA) is 0 Å². The lowest BCUT2D eigenvalue weighted by atomic mass is 9.64. The summed E-state index contributed by atoms with van der Waals surface area (Å²) in [4.78, 5) is 0. The van der Waals surface area contributed by atoms with Gasteiger partial charge in [0.05, 0.1) is 0 Å². The first kappa shape index (κ1) is 28.5. The smallest absolute Gasteiger partial charge is 0.0624 e. The third-order valence-corrected chi connectivity index (χ3v) is 18.5. The molecule has 0 amide bonds. The van der Waals surface area contributed by atoms with Crippen LogP contribution in [0.1, 0.15) is 45.1 Å². The Hall–Kier alpha value is -4.72. The highest BCUT2D eigenvalue weighted by atomic mass is 28.3. The van der Waals surface area contributed by atoms with Crippen molar-refractivity contribution >= 4 is 45.2 Å². The molecule has 2 unspecified atom stereocenters. The quantitative estimate of drug-likeness (QED) is 0.136. The second-order valence-corrected chi connectivity index (χ2v) is 18.6. The van der Waals surface area contributed by atoms with Gasteiger partial charge in [-0.1, -0.05) is 184 Å². The molecule has 1 fully saturated rings. The van der Waals surface area contributed by atoms with Gasteiger partial charge in [-0.2, -0.15) is 0 Å². The molecule has 1 heteroatoms. The summed E-state index contributed by atoms with van der Waals surface area (Å²) in [7, 11) is -2.45. The van der Waals surface area contributed by atoms with Gasteiger partial charge in [-0.05, 0) is 88.2 Å². The van der Waals surface area contributed by atoms with Crippen molar-refractivity contribution in [3.63, 3.8) is 0 Å². The van der Waals surface area contributed by atoms with Gasteiger partial charge in [0.25, 0.3) is 0 Å². The molecule has 0 spiro atoms. The number of hydrogen-bond donors (Lipinski definition) is 0. The van der Waals surface area contributed by atoms with Crippen LogP contribution >= 0.6 is 0 Å². The average molecular weight is 621 g/mol. The Morgan fingerprint density at radius 3 is 1.43 bits per heavy atom. The maximum Gasteiger partial charge on any atom is 0.155 e. The van der Waals surface area contributed by atoms with E-state index in [1.165, 1.54) is 69.5 Å². The average Bonchev–Trinajstić information content (AvgIpc) is 3.32. The van der Waals surface area contributed by atoms with Crippen LogP contribution in [-0.4, -0.2) is 8.07 Å². The van der Waals surface area contributed by atoms with E-state index in [1.807, 2.05) is 0 Å². The first-order chi connectivity index (χ1) is 23.1. The summed E-state index contributed by atoms with van der Waals surface area (Å²) in [5.74, 6) is 0. The maximum atomic E-state index is 2.68. The Labute approximate surface area is 279 Å². The number of hydrogen-bond acceptors (Lipinski definition) is 0. The molecule has 47 heavy (non-hydrogen) atoms. The van der Waals surface area contributed by atoms with Crippen molar-refractivity contribution in [3.8, 4) is 22.3 Å². The first-order valence-electron chi connectivity index (χ1n) is 17.3. The lowest BCUT2D eigenvalue weighted by Gasteiger charge is -2.54. The van der Waals surface area contributed by atoms with Crippen molar-refractivity contribution in [2.45, 2.75) is 50.0 Å². The van der Waals surface area contributed by atoms with Crippen LogP contribution in [-0.2, 0) is 5.41 Å². The first-order valence-corrected chi connectivity index (χ1v) is 19.3. The summed E-state index contributed by atoms with van der Waals surface area (Å²) < 4.78 is 0. The predicted molar refractivity (Wildman–Crippen MR) is 204 cm³/mol. The number of benzene rings is 7. The van der Waals surface area contributed by atoms with Crippen LogP contribution in [0.4, 0.5) is 0 Å². The van der Waals surface area contributed by atoms with Gasteiger partial charge in [0, 0.05) is 0 Å². The Kier molecular flexibility index (Phi) is 6.46. The van der Waals surface area contributed by atoms with E-state index in [-0.39, 0.29) is 10.5 Å². The fourth-order valence-electron chi connectivity index (χ4n) is 10.2. The molecule has 0 aromatic heterocycles. The van der Waals surface area contributed by atoms with Gasteiger partial charge in [-0.3, -0.25) is 0 Å². The van der Waals surface area contributed by atoms with E-state index in [4.69, 9.17) is 0 Å². The molecule has 1 aliphatic carbocycles.